The molecule has 1 aliphatic heterocycles. The third-order valence-corrected chi connectivity index (χ3v) is 6.79. The molecule has 1 heterocycles. The second kappa shape index (κ2) is 5.73. The molecule has 2 bridgehead atoms. The number of amides is 3. The predicted octanol–water partition coefficient (Wildman–Crippen LogP) is 1.97. The van der Waals surface area contributed by atoms with Crippen molar-refractivity contribution in [1.29, 1.82) is 0 Å². The number of nitrogens with one attached hydrogen (secondary N) is 1. The van der Waals surface area contributed by atoms with Gasteiger partial charge in [0.1, 0.15) is 6.04 Å². The molecule has 0 radical (unpaired) electrons. The fraction of sp³-hybridized carbons (Fsp3) is 0.450. The standard InChI is InChI=1S/C20H19N3O5/c1-9(18(24)21-10-3-2-4-11(7-10)23(27)28)22-19(25)16-12-5-6-13(15-8-14(12)15)17(16)20(22)26/h2-7,9,12-17H,8H2,1H3,(H,21,24)/t9-,12+,13+,14-,15+,16-,17-/m0/s1. The molecule has 8 heteroatoms. The van der Waals surface area contributed by atoms with Crippen molar-refractivity contribution in [3.05, 3.63) is 46.5 Å². The molecular weight excluding hydrogens is 362 g/mol. The molecular formula is C20H19N3O5. The normalized spacial score (nSPS) is 35.4. The highest BCUT2D eigenvalue weighted by Gasteiger charge is 2.67. The second-order valence-electron chi connectivity index (χ2n) is 8.17. The molecule has 0 unspecified atom stereocenters. The Morgan fingerprint density at radius 2 is 1.79 bits per heavy atom. The molecule has 1 aromatic carbocycles. The first-order valence-corrected chi connectivity index (χ1v) is 9.49. The van der Waals surface area contributed by atoms with E-state index in [1.807, 2.05) is 0 Å². The zero-order valence-electron chi connectivity index (χ0n) is 15.1. The van der Waals surface area contributed by atoms with Crippen LogP contribution in [0.15, 0.2) is 36.4 Å². The number of hydrogen-bond acceptors (Lipinski definition) is 5. The van der Waals surface area contributed by atoms with E-state index in [4.69, 9.17) is 0 Å². The Kier molecular flexibility index (Phi) is 3.50. The van der Waals surface area contributed by atoms with E-state index >= 15 is 0 Å². The largest absolute Gasteiger partial charge is 0.324 e. The van der Waals surface area contributed by atoms with Crippen molar-refractivity contribution in [2.24, 2.45) is 35.5 Å². The fourth-order valence-electron chi connectivity index (χ4n) is 5.42. The maximum atomic E-state index is 13.0. The second-order valence-corrected chi connectivity index (χ2v) is 8.17. The van der Waals surface area contributed by atoms with Gasteiger partial charge < -0.3 is 5.32 Å². The summed E-state index contributed by atoms with van der Waals surface area (Å²) in [5, 5.41) is 13.5. The number of anilines is 1. The molecule has 0 aromatic heterocycles. The van der Waals surface area contributed by atoms with Gasteiger partial charge >= 0.3 is 0 Å². The van der Waals surface area contributed by atoms with Crippen LogP contribution in [0.25, 0.3) is 0 Å². The number of carbonyl (C=O) groups excluding carboxylic acids is 3. The van der Waals surface area contributed by atoms with Gasteiger partial charge in [0.25, 0.3) is 5.69 Å². The summed E-state index contributed by atoms with van der Waals surface area (Å²) in [5.41, 5.74) is 0.109. The molecule has 4 aliphatic carbocycles. The number of benzene rings is 1. The molecule has 1 aromatic rings. The van der Waals surface area contributed by atoms with Crippen LogP contribution >= 0.6 is 0 Å². The van der Waals surface area contributed by atoms with Gasteiger partial charge in [0.15, 0.2) is 0 Å². The number of hydrogen-bond donors (Lipinski definition) is 1. The lowest BCUT2D eigenvalue weighted by Crippen LogP contribution is -2.46. The molecule has 7 atom stereocenters. The summed E-state index contributed by atoms with van der Waals surface area (Å²) >= 11 is 0. The highest BCUT2D eigenvalue weighted by atomic mass is 16.6. The summed E-state index contributed by atoms with van der Waals surface area (Å²) in [4.78, 5) is 50.2. The van der Waals surface area contributed by atoms with Gasteiger partial charge in [-0.1, -0.05) is 18.2 Å². The van der Waals surface area contributed by atoms with Crippen LogP contribution in [0.1, 0.15) is 13.3 Å². The molecule has 2 saturated carbocycles. The lowest BCUT2D eigenvalue weighted by Gasteiger charge is -2.37. The van der Waals surface area contributed by atoms with Gasteiger partial charge in [-0.15, -0.1) is 0 Å². The smallest absolute Gasteiger partial charge is 0.271 e. The average molecular weight is 381 g/mol. The number of non-ortho nitro benzene ring substituents is 1. The minimum Gasteiger partial charge on any atom is -0.324 e. The number of allylic oxidation sites excluding steroid dienone is 2. The van der Waals surface area contributed by atoms with Crippen molar-refractivity contribution >= 4 is 29.1 Å². The van der Waals surface area contributed by atoms with Gasteiger partial charge in [0.05, 0.1) is 16.8 Å². The molecule has 3 amide bonds. The molecule has 28 heavy (non-hydrogen) atoms. The molecule has 1 N–H and O–H groups in total. The van der Waals surface area contributed by atoms with E-state index in [1.54, 1.807) is 0 Å². The van der Waals surface area contributed by atoms with Gasteiger partial charge in [-0.05, 0) is 43.1 Å². The number of nitrogens with zero attached hydrogens (tertiary/aromatic N) is 2. The van der Waals surface area contributed by atoms with Gasteiger partial charge in [0, 0.05) is 17.8 Å². The minimum absolute atomic E-state index is 0.105. The zero-order chi connectivity index (χ0) is 19.7. The van der Waals surface area contributed by atoms with Crippen LogP contribution < -0.4 is 5.32 Å². The number of nitro benzene ring substituents is 1. The van der Waals surface area contributed by atoms with Gasteiger partial charge in [-0.3, -0.25) is 29.4 Å². The highest BCUT2D eigenvalue weighted by Crippen LogP contribution is 2.65. The third-order valence-electron chi connectivity index (χ3n) is 6.79. The van der Waals surface area contributed by atoms with Crippen molar-refractivity contribution in [2.45, 2.75) is 19.4 Å². The van der Waals surface area contributed by atoms with Gasteiger partial charge in [-0.2, -0.15) is 0 Å². The Hall–Kier alpha value is -3.03. The Morgan fingerprint density at radius 3 is 2.36 bits per heavy atom. The monoisotopic (exact) mass is 381 g/mol. The first kappa shape index (κ1) is 17.1. The van der Waals surface area contributed by atoms with Gasteiger partial charge in [0.2, 0.25) is 17.7 Å². The first-order valence-electron chi connectivity index (χ1n) is 9.49. The van der Waals surface area contributed by atoms with E-state index in [1.165, 1.54) is 31.2 Å². The maximum Gasteiger partial charge on any atom is 0.271 e. The molecule has 0 spiro atoms. The van der Waals surface area contributed by atoms with Crippen molar-refractivity contribution in [2.75, 3.05) is 5.32 Å². The highest BCUT2D eigenvalue weighted by molar-refractivity contribution is 6.10. The van der Waals surface area contributed by atoms with Crippen LogP contribution in [0, 0.1) is 45.6 Å². The average Bonchev–Trinajstić information content (AvgIpc) is 3.45. The Morgan fingerprint density at radius 1 is 1.18 bits per heavy atom. The van der Waals surface area contributed by atoms with Crippen LogP contribution in [0.3, 0.4) is 0 Å². The van der Waals surface area contributed by atoms with Crippen LogP contribution in [0.4, 0.5) is 11.4 Å². The fourth-order valence-corrected chi connectivity index (χ4v) is 5.42. The minimum atomic E-state index is -0.972. The Labute approximate surface area is 160 Å². The summed E-state index contributed by atoms with van der Waals surface area (Å²) in [7, 11) is 0. The van der Waals surface area contributed by atoms with Crippen LogP contribution in [-0.2, 0) is 14.4 Å². The first-order chi connectivity index (χ1) is 13.4. The number of rotatable bonds is 4. The number of imide groups is 1. The quantitative estimate of drug-likeness (QED) is 0.371. The van der Waals surface area contributed by atoms with Crippen molar-refractivity contribution in [1.82, 2.24) is 4.90 Å². The summed E-state index contributed by atoms with van der Waals surface area (Å²) in [6, 6.07) is 4.60. The SMILES string of the molecule is C[C@@H](C(=O)Nc1cccc([N+](=O)[O-])c1)N1C(=O)[C@H]2[C@@H]3C=C[C@H]([C@@H]4C[C@H]34)[C@@H]2C1=O. The van der Waals surface area contributed by atoms with E-state index in [9.17, 15) is 24.5 Å². The van der Waals surface area contributed by atoms with Crippen molar-refractivity contribution < 1.29 is 19.3 Å². The molecule has 8 nitrogen and oxygen atoms in total. The van der Waals surface area contributed by atoms with Crippen molar-refractivity contribution in [3.63, 3.8) is 0 Å². The lowest BCUT2D eigenvalue weighted by atomic mass is 9.63. The summed E-state index contributed by atoms with van der Waals surface area (Å²) in [5.74, 6) is -0.543. The maximum absolute atomic E-state index is 13.0. The van der Waals surface area contributed by atoms with Crippen LogP contribution in [0.5, 0.6) is 0 Å². The van der Waals surface area contributed by atoms with E-state index in [-0.39, 0.29) is 46.9 Å². The zero-order valence-corrected chi connectivity index (χ0v) is 15.1. The number of nitro groups is 1. The van der Waals surface area contributed by atoms with E-state index in [0.29, 0.717) is 11.8 Å². The van der Waals surface area contributed by atoms with E-state index in [0.717, 1.165) is 11.3 Å². The summed E-state index contributed by atoms with van der Waals surface area (Å²) in [6.45, 7) is 1.52. The van der Waals surface area contributed by atoms with Crippen molar-refractivity contribution in [3.8, 4) is 0 Å². The number of carbonyl (C=O) groups is 3. The summed E-state index contributed by atoms with van der Waals surface area (Å²) in [6.07, 6.45) is 5.25. The number of likely N-dealkylation sites (tertiary alicyclic amines) is 1. The Bertz CT molecular complexity index is 921. The van der Waals surface area contributed by atoms with Gasteiger partial charge in [-0.25, -0.2) is 0 Å². The Balaban J connectivity index is 1.36. The molecule has 144 valence electrons. The van der Waals surface area contributed by atoms with E-state index < -0.39 is 16.9 Å². The summed E-state index contributed by atoms with van der Waals surface area (Å²) < 4.78 is 0. The molecule has 3 fully saturated rings. The van der Waals surface area contributed by atoms with Crippen LogP contribution in [0.2, 0.25) is 0 Å². The topological polar surface area (TPSA) is 110 Å². The van der Waals surface area contributed by atoms with Crippen LogP contribution in [-0.4, -0.2) is 33.6 Å². The lowest BCUT2D eigenvalue weighted by molar-refractivity contribution is -0.384. The molecule has 1 saturated heterocycles. The predicted molar refractivity (Wildman–Crippen MR) is 97.7 cm³/mol. The molecule has 6 rings (SSSR count). The molecule has 5 aliphatic rings. The van der Waals surface area contributed by atoms with E-state index in [2.05, 4.69) is 17.5 Å². The third kappa shape index (κ3) is 2.26.